The first-order valence-corrected chi connectivity index (χ1v) is 42.2. The molecule has 17 atom stereocenters. The number of ether oxygens (including phenoxy) is 6. The van der Waals surface area contributed by atoms with Gasteiger partial charge in [0.25, 0.3) is 0 Å². The molecule has 0 radical (unpaired) electrons. The van der Waals surface area contributed by atoms with Gasteiger partial charge in [-0.05, 0) is 116 Å². The number of hydrogen-bond acceptors (Lipinski definition) is 18. The third kappa shape index (κ3) is 47.0. The molecule has 109 heavy (non-hydrogen) atoms. The van der Waals surface area contributed by atoms with Crippen molar-refractivity contribution in [1.29, 1.82) is 0 Å². The molecule has 0 bridgehead atoms. The second-order valence-electron chi connectivity index (χ2n) is 29.2. The SMILES string of the molecule is CC/C=C\C/C=C\C/C=C\C/C=C\C/C=C\C/C=C\C/C=C\C/C=C\C/C=C\C/C=C\C/C=C\CCCCCCCC(=O)NC(COC1OC(CO)C(OC2OC(CO)C(OC3OC(CO)C(O)C(O)C3O)C(O)C2O)C(O)C1O)C(O)/C=C/CC/C=C/CCCCCCCCCCCCCCCCCCCCC. The molecular formula is C90H149NO18. The number of rotatable bonds is 65. The van der Waals surface area contributed by atoms with E-state index in [4.69, 9.17) is 28.4 Å². The minimum Gasteiger partial charge on any atom is -0.394 e. The van der Waals surface area contributed by atoms with Gasteiger partial charge in [0.1, 0.15) is 73.2 Å². The number of hydrogen-bond donors (Lipinski definition) is 12. The summed E-state index contributed by atoms with van der Waals surface area (Å²) in [6.07, 6.45) is 73.7. The number of aliphatic hydroxyl groups is 11. The second-order valence-corrected chi connectivity index (χ2v) is 29.2. The van der Waals surface area contributed by atoms with Crippen molar-refractivity contribution in [1.82, 2.24) is 5.32 Å². The Bertz CT molecular complexity index is 2590. The van der Waals surface area contributed by atoms with Gasteiger partial charge >= 0.3 is 0 Å². The predicted octanol–water partition coefficient (Wildman–Crippen LogP) is 15.2. The average molecular weight is 1530 g/mol. The molecule has 0 aliphatic carbocycles. The highest BCUT2D eigenvalue weighted by Gasteiger charge is 2.54. The van der Waals surface area contributed by atoms with Gasteiger partial charge in [-0.25, -0.2) is 0 Å². The fraction of sp³-hybridized carbons (Fsp3) is 0.700. The van der Waals surface area contributed by atoms with Crippen molar-refractivity contribution in [3.05, 3.63) is 158 Å². The van der Waals surface area contributed by atoms with Crippen molar-refractivity contribution < 1.29 is 89.4 Å². The Hall–Kier alpha value is -4.59. The Morgan fingerprint density at radius 2 is 0.642 bits per heavy atom. The standard InChI is InChI=1S/C90H149NO18/c1-3-5-7-9-11-13-15-17-19-21-23-25-27-29-30-31-32-33-34-35-36-37-38-39-40-41-42-44-46-48-50-52-54-56-58-60-62-64-66-68-78(96)91-73(74(95)67-65-63-61-59-57-55-53-51-49-47-45-43-28-26-24-22-20-18-16-14-12-10-8-6-4-2)72-104-88-84(102)81(99)86(76(70-93)106-88)109-90-85(103)82(100)87(77(71-94)107-90)108-89-83(101)80(98)79(97)75(69-92)105-89/h5,7,11,13,17,19,23,25,29-30,32-33,35-36,38-39,41-42,46,48,52,54,57,59,65,67,73-77,79-90,92-95,97-103H,3-4,6,8-10,12,14-16,18,20-22,24,26-28,31,34,37,40,43-45,47,49-51,53,55-56,58,60-64,66,68-72H2,1-2H3,(H,91,96)/b7-5-,13-11-,19-17-,25-23-,30-29-,33-32-,36-35-,39-38-,42-41-,48-46-,54-52-,59-57+,67-65+. The largest absolute Gasteiger partial charge is 0.394 e. The van der Waals surface area contributed by atoms with E-state index >= 15 is 0 Å². The van der Waals surface area contributed by atoms with E-state index in [0.29, 0.717) is 12.8 Å². The molecule has 3 aliphatic heterocycles. The summed E-state index contributed by atoms with van der Waals surface area (Å²) in [5.74, 6) is -0.309. The number of carbonyl (C=O) groups excluding carboxylic acids is 1. The molecular weight excluding hydrogens is 1380 g/mol. The van der Waals surface area contributed by atoms with Crippen molar-refractivity contribution >= 4 is 5.91 Å². The summed E-state index contributed by atoms with van der Waals surface area (Å²) in [6.45, 7) is 1.59. The number of nitrogens with one attached hydrogen (secondary N) is 1. The van der Waals surface area contributed by atoms with Crippen LogP contribution in [0.3, 0.4) is 0 Å². The van der Waals surface area contributed by atoms with Crippen LogP contribution in [0, 0.1) is 0 Å². The van der Waals surface area contributed by atoms with E-state index in [1.165, 1.54) is 116 Å². The van der Waals surface area contributed by atoms with Gasteiger partial charge in [0.2, 0.25) is 5.91 Å². The van der Waals surface area contributed by atoms with Gasteiger partial charge in [0, 0.05) is 6.42 Å². The lowest BCUT2D eigenvalue weighted by Crippen LogP contribution is -2.66. The zero-order chi connectivity index (χ0) is 78.8. The van der Waals surface area contributed by atoms with E-state index in [0.717, 1.165) is 122 Å². The smallest absolute Gasteiger partial charge is 0.220 e. The minimum atomic E-state index is -1.99. The summed E-state index contributed by atoms with van der Waals surface area (Å²) in [5, 5.41) is 121. The molecule has 3 heterocycles. The molecule has 3 rings (SSSR count). The molecule has 19 heteroatoms. The Morgan fingerprint density at radius 3 is 1.03 bits per heavy atom. The molecule has 0 saturated carbocycles. The van der Waals surface area contributed by atoms with E-state index in [1.54, 1.807) is 6.08 Å². The number of allylic oxidation sites excluding steroid dienone is 25. The monoisotopic (exact) mass is 1530 g/mol. The molecule has 0 aromatic carbocycles. The fourth-order valence-electron chi connectivity index (χ4n) is 13.1. The topological polar surface area (TPSA) is 307 Å². The summed E-state index contributed by atoms with van der Waals surface area (Å²) >= 11 is 0. The van der Waals surface area contributed by atoms with Gasteiger partial charge in [-0.3, -0.25) is 4.79 Å². The molecule has 0 aromatic rings. The molecule has 3 aliphatic rings. The summed E-state index contributed by atoms with van der Waals surface area (Å²) in [5.41, 5.74) is 0. The van der Waals surface area contributed by atoms with Crippen LogP contribution in [0.25, 0.3) is 0 Å². The second kappa shape index (κ2) is 67.9. The lowest BCUT2D eigenvalue weighted by Gasteiger charge is -2.48. The van der Waals surface area contributed by atoms with E-state index in [2.05, 4.69) is 165 Å². The molecule has 17 unspecified atom stereocenters. The van der Waals surface area contributed by atoms with Gasteiger partial charge in [0.15, 0.2) is 18.9 Å². The van der Waals surface area contributed by atoms with Crippen LogP contribution in [-0.4, -0.2) is 193 Å². The van der Waals surface area contributed by atoms with Crippen molar-refractivity contribution in [3.8, 4) is 0 Å². The van der Waals surface area contributed by atoms with Crippen LogP contribution in [-0.2, 0) is 33.2 Å². The molecule has 0 aromatic heterocycles. The van der Waals surface area contributed by atoms with Crippen LogP contribution in [0.5, 0.6) is 0 Å². The van der Waals surface area contributed by atoms with Crippen LogP contribution < -0.4 is 5.32 Å². The summed E-state index contributed by atoms with van der Waals surface area (Å²) in [6, 6.07) is -1.01. The maximum atomic E-state index is 13.5. The molecule has 622 valence electrons. The van der Waals surface area contributed by atoms with E-state index in [1.807, 2.05) is 6.08 Å². The zero-order valence-electron chi connectivity index (χ0n) is 66.7. The Balaban J connectivity index is 1.38. The number of amides is 1. The molecule has 1 amide bonds. The van der Waals surface area contributed by atoms with Crippen molar-refractivity contribution in [2.75, 3.05) is 26.4 Å². The molecule has 19 nitrogen and oxygen atoms in total. The van der Waals surface area contributed by atoms with Crippen molar-refractivity contribution in [3.63, 3.8) is 0 Å². The quantitative estimate of drug-likeness (QED) is 0.0199. The summed E-state index contributed by atoms with van der Waals surface area (Å²) in [4.78, 5) is 13.5. The van der Waals surface area contributed by atoms with E-state index in [-0.39, 0.29) is 18.9 Å². The van der Waals surface area contributed by atoms with E-state index in [9.17, 15) is 61.0 Å². The molecule has 3 fully saturated rings. The highest BCUT2D eigenvalue weighted by atomic mass is 16.8. The molecule has 0 spiro atoms. The third-order valence-corrected chi connectivity index (χ3v) is 19.8. The fourth-order valence-corrected chi connectivity index (χ4v) is 13.1. The highest BCUT2D eigenvalue weighted by molar-refractivity contribution is 5.76. The first-order chi connectivity index (χ1) is 53.3. The highest BCUT2D eigenvalue weighted by Crippen LogP contribution is 2.33. The summed E-state index contributed by atoms with van der Waals surface area (Å²) in [7, 11) is 0. The van der Waals surface area contributed by atoms with Gasteiger partial charge < -0.3 is 89.9 Å². The van der Waals surface area contributed by atoms with Gasteiger partial charge in [-0.1, -0.05) is 307 Å². The van der Waals surface area contributed by atoms with Crippen LogP contribution in [0.2, 0.25) is 0 Å². The third-order valence-electron chi connectivity index (χ3n) is 19.8. The van der Waals surface area contributed by atoms with Gasteiger partial charge in [-0.15, -0.1) is 0 Å². The van der Waals surface area contributed by atoms with Crippen molar-refractivity contribution in [2.45, 2.75) is 375 Å². The molecule has 12 N–H and O–H groups in total. The zero-order valence-corrected chi connectivity index (χ0v) is 66.7. The summed E-state index contributed by atoms with van der Waals surface area (Å²) < 4.78 is 34.4. The number of aliphatic hydroxyl groups excluding tert-OH is 11. The Morgan fingerprint density at radius 1 is 0.339 bits per heavy atom. The van der Waals surface area contributed by atoms with Crippen LogP contribution in [0.1, 0.15) is 271 Å². The Kier molecular flexibility index (Phi) is 61.4. The number of unbranched alkanes of at least 4 members (excludes halogenated alkanes) is 25. The average Bonchev–Trinajstić information content (AvgIpc) is 0.759. The van der Waals surface area contributed by atoms with Gasteiger partial charge in [0.05, 0.1) is 38.6 Å². The maximum absolute atomic E-state index is 13.5. The normalized spacial score (nSPS) is 26.1. The lowest BCUT2D eigenvalue weighted by atomic mass is 9.96. The van der Waals surface area contributed by atoms with Crippen LogP contribution >= 0.6 is 0 Å². The predicted molar refractivity (Wildman–Crippen MR) is 438 cm³/mol. The Labute approximate surface area is 656 Å². The van der Waals surface area contributed by atoms with Gasteiger partial charge in [-0.2, -0.15) is 0 Å². The minimum absolute atomic E-state index is 0.203. The van der Waals surface area contributed by atoms with Crippen molar-refractivity contribution in [2.24, 2.45) is 0 Å². The van der Waals surface area contributed by atoms with Crippen LogP contribution in [0.4, 0.5) is 0 Å². The molecule has 3 saturated heterocycles. The van der Waals surface area contributed by atoms with Crippen LogP contribution in [0.15, 0.2) is 158 Å². The van der Waals surface area contributed by atoms with E-state index < -0.39 is 124 Å². The lowest BCUT2D eigenvalue weighted by molar-refractivity contribution is -0.379. The first kappa shape index (κ1) is 98.6. The maximum Gasteiger partial charge on any atom is 0.220 e. The first-order valence-electron chi connectivity index (χ1n) is 42.2. The number of carbonyl (C=O) groups is 1.